The Morgan fingerprint density at radius 1 is 1.46 bits per heavy atom. The molecule has 0 aromatic rings. The van der Waals surface area contributed by atoms with Crippen molar-refractivity contribution in [2.75, 3.05) is 7.11 Å². The zero-order valence-electron chi connectivity index (χ0n) is 8.03. The molecule has 0 aromatic heterocycles. The molecule has 2 aliphatic rings. The van der Waals surface area contributed by atoms with Gasteiger partial charge in [0.1, 0.15) is 6.04 Å². The van der Waals surface area contributed by atoms with Crippen LogP contribution in [0.2, 0.25) is 0 Å². The molecule has 0 heterocycles. The maximum Gasteiger partial charge on any atom is 0.322 e. The Morgan fingerprint density at radius 3 is 2.62 bits per heavy atom. The average molecular weight is 183 g/mol. The zero-order valence-corrected chi connectivity index (χ0v) is 8.03. The summed E-state index contributed by atoms with van der Waals surface area (Å²) in [6, 6.07) is -0.396. The van der Waals surface area contributed by atoms with E-state index in [0.29, 0.717) is 5.92 Å². The van der Waals surface area contributed by atoms with Crippen LogP contribution in [-0.4, -0.2) is 19.1 Å². The summed E-state index contributed by atoms with van der Waals surface area (Å²) in [5, 5.41) is 0. The number of esters is 1. The third kappa shape index (κ3) is 1.85. The fraction of sp³-hybridized carbons (Fsp3) is 0.900. The minimum Gasteiger partial charge on any atom is -0.468 e. The average Bonchev–Trinajstić information content (AvgIpc) is 2.73. The largest absolute Gasteiger partial charge is 0.468 e. The Bertz CT molecular complexity index is 207. The van der Waals surface area contributed by atoms with Crippen molar-refractivity contribution in [2.45, 2.75) is 31.7 Å². The summed E-state index contributed by atoms with van der Waals surface area (Å²) in [6.45, 7) is 0. The second-order valence-corrected chi connectivity index (χ2v) is 4.46. The van der Waals surface area contributed by atoms with E-state index in [1.54, 1.807) is 0 Å². The number of rotatable bonds is 3. The third-order valence-electron chi connectivity index (χ3n) is 3.43. The van der Waals surface area contributed by atoms with E-state index < -0.39 is 6.04 Å². The van der Waals surface area contributed by atoms with E-state index in [1.807, 2.05) is 0 Å². The minimum absolute atomic E-state index is 0.263. The van der Waals surface area contributed by atoms with Gasteiger partial charge in [0, 0.05) is 0 Å². The van der Waals surface area contributed by atoms with Gasteiger partial charge in [0.15, 0.2) is 0 Å². The van der Waals surface area contributed by atoms with E-state index in [0.717, 1.165) is 18.3 Å². The van der Waals surface area contributed by atoms with Gasteiger partial charge in [-0.05, 0) is 43.4 Å². The molecule has 0 spiro atoms. The van der Waals surface area contributed by atoms with Gasteiger partial charge in [0.2, 0.25) is 0 Å². The number of carbonyl (C=O) groups is 1. The summed E-state index contributed by atoms with van der Waals surface area (Å²) in [7, 11) is 1.40. The SMILES string of the molecule is COC(=O)[C@@H](N)CC1C[C@@H]2C[C@@H]2C1. The van der Waals surface area contributed by atoms with Gasteiger partial charge in [-0.3, -0.25) is 4.79 Å². The number of nitrogens with two attached hydrogens (primary N) is 1. The Kier molecular flexibility index (Phi) is 2.28. The smallest absolute Gasteiger partial charge is 0.322 e. The molecule has 4 atom stereocenters. The first-order valence-electron chi connectivity index (χ1n) is 5.04. The summed E-state index contributed by atoms with van der Waals surface area (Å²) in [5.41, 5.74) is 5.69. The van der Waals surface area contributed by atoms with E-state index in [-0.39, 0.29) is 5.97 Å². The standard InChI is InChI=1S/C10H17NO2/c1-13-10(12)9(11)4-6-2-7-5-8(7)3-6/h6-9H,2-5,11H2,1H3/t6?,7-,8+,9-/m0/s1. The molecule has 2 N–H and O–H groups in total. The lowest BCUT2D eigenvalue weighted by atomic mass is 9.95. The summed E-state index contributed by atoms with van der Waals surface area (Å²) in [4.78, 5) is 11.0. The van der Waals surface area contributed by atoms with Gasteiger partial charge in [-0.1, -0.05) is 0 Å². The van der Waals surface area contributed by atoms with Crippen molar-refractivity contribution < 1.29 is 9.53 Å². The van der Waals surface area contributed by atoms with E-state index in [4.69, 9.17) is 5.73 Å². The fourth-order valence-corrected chi connectivity index (χ4v) is 2.64. The molecular weight excluding hydrogens is 166 g/mol. The molecule has 0 amide bonds. The Labute approximate surface area is 78.6 Å². The molecular formula is C10H17NO2. The zero-order chi connectivity index (χ0) is 9.42. The van der Waals surface area contributed by atoms with Crippen LogP contribution >= 0.6 is 0 Å². The molecule has 0 bridgehead atoms. The fourth-order valence-electron chi connectivity index (χ4n) is 2.64. The highest BCUT2D eigenvalue weighted by Crippen LogP contribution is 2.55. The second kappa shape index (κ2) is 3.29. The molecule has 0 saturated heterocycles. The van der Waals surface area contributed by atoms with Gasteiger partial charge in [-0.25, -0.2) is 0 Å². The quantitative estimate of drug-likeness (QED) is 0.662. The number of hydrogen-bond donors (Lipinski definition) is 1. The van der Waals surface area contributed by atoms with Gasteiger partial charge >= 0.3 is 5.97 Å². The molecule has 2 aliphatic carbocycles. The summed E-state index contributed by atoms with van der Waals surface area (Å²) in [6.07, 6.45) is 4.81. The number of fused-ring (bicyclic) bond motifs is 1. The predicted octanol–water partition coefficient (Wildman–Crippen LogP) is 0.923. The van der Waals surface area contributed by atoms with E-state index >= 15 is 0 Å². The molecule has 0 aromatic carbocycles. The minimum atomic E-state index is -0.396. The predicted molar refractivity (Wildman–Crippen MR) is 48.9 cm³/mol. The second-order valence-electron chi connectivity index (χ2n) is 4.46. The van der Waals surface area contributed by atoms with Crippen LogP contribution in [0, 0.1) is 17.8 Å². The van der Waals surface area contributed by atoms with Crippen molar-refractivity contribution in [1.82, 2.24) is 0 Å². The molecule has 0 radical (unpaired) electrons. The summed E-state index contributed by atoms with van der Waals surface area (Å²) in [5.74, 6) is 2.35. The van der Waals surface area contributed by atoms with Crippen LogP contribution in [0.15, 0.2) is 0 Å². The van der Waals surface area contributed by atoms with Crippen LogP contribution in [0.3, 0.4) is 0 Å². The molecule has 74 valence electrons. The molecule has 13 heavy (non-hydrogen) atoms. The van der Waals surface area contributed by atoms with Gasteiger partial charge in [-0.2, -0.15) is 0 Å². The third-order valence-corrected chi connectivity index (χ3v) is 3.43. The van der Waals surface area contributed by atoms with Gasteiger partial charge in [-0.15, -0.1) is 0 Å². The van der Waals surface area contributed by atoms with Crippen LogP contribution in [0.1, 0.15) is 25.7 Å². The van der Waals surface area contributed by atoms with Gasteiger partial charge in [0.05, 0.1) is 7.11 Å². The lowest BCUT2D eigenvalue weighted by Crippen LogP contribution is -2.33. The van der Waals surface area contributed by atoms with Crippen LogP contribution in [0.5, 0.6) is 0 Å². The lowest BCUT2D eigenvalue weighted by Gasteiger charge is -2.15. The number of hydrogen-bond acceptors (Lipinski definition) is 3. The lowest BCUT2D eigenvalue weighted by molar-refractivity contribution is -0.142. The first-order valence-corrected chi connectivity index (χ1v) is 5.04. The summed E-state index contributed by atoms with van der Waals surface area (Å²) < 4.78 is 4.60. The van der Waals surface area contributed by atoms with E-state index in [9.17, 15) is 4.79 Å². The highest BCUT2D eigenvalue weighted by Gasteiger charge is 2.46. The molecule has 2 fully saturated rings. The molecule has 0 aliphatic heterocycles. The first kappa shape index (κ1) is 9.00. The monoisotopic (exact) mass is 183 g/mol. The van der Waals surface area contributed by atoms with Crippen LogP contribution in [-0.2, 0) is 9.53 Å². The van der Waals surface area contributed by atoms with E-state index in [1.165, 1.54) is 26.4 Å². The molecule has 1 unspecified atom stereocenters. The maximum absolute atomic E-state index is 11.0. The van der Waals surface area contributed by atoms with Crippen molar-refractivity contribution in [3.8, 4) is 0 Å². The van der Waals surface area contributed by atoms with Crippen LogP contribution in [0.25, 0.3) is 0 Å². The number of methoxy groups -OCH3 is 1. The highest BCUT2D eigenvalue weighted by molar-refractivity contribution is 5.75. The van der Waals surface area contributed by atoms with Gasteiger partial charge in [0.25, 0.3) is 0 Å². The molecule has 2 saturated carbocycles. The number of carbonyl (C=O) groups excluding carboxylic acids is 1. The topological polar surface area (TPSA) is 52.3 Å². The molecule has 3 heteroatoms. The Hall–Kier alpha value is -0.570. The van der Waals surface area contributed by atoms with Gasteiger partial charge < -0.3 is 10.5 Å². The molecule has 2 rings (SSSR count). The molecule has 3 nitrogen and oxygen atoms in total. The van der Waals surface area contributed by atoms with Crippen molar-refractivity contribution >= 4 is 5.97 Å². The van der Waals surface area contributed by atoms with E-state index in [2.05, 4.69) is 4.74 Å². The maximum atomic E-state index is 11.0. The normalized spacial score (nSPS) is 38.2. The number of ether oxygens (including phenoxy) is 1. The van der Waals surface area contributed by atoms with Crippen molar-refractivity contribution in [2.24, 2.45) is 23.5 Å². The first-order chi connectivity index (χ1) is 6.20. The Balaban J connectivity index is 1.74. The summed E-state index contributed by atoms with van der Waals surface area (Å²) >= 11 is 0. The van der Waals surface area contributed by atoms with Crippen molar-refractivity contribution in [3.63, 3.8) is 0 Å². The highest BCUT2D eigenvalue weighted by atomic mass is 16.5. The van der Waals surface area contributed by atoms with Crippen LogP contribution in [0.4, 0.5) is 0 Å². The van der Waals surface area contributed by atoms with Crippen LogP contribution < -0.4 is 5.73 Å². The van der Waals surface area contributed by atoms with Crippen molar-refractivity contribution in [1.29, 1.82) is 0 Å². The van der Waals surface area contributed by atoms with Crippen molar-refractivity contribution in [3.05, 3.63) is 0 Å². The Morgan fingerprint density at radius 2 is 2.08 bits per heavy atom.